The summed E-state index contributed by atoms with van der Waals surface area (Å²) in [6.07, 6.45) is 3.36. The molecule has 7 nitrogen and oxygen atoms in total. The highest BCUT2D eigenvalue weighted by molar-refractivity contribution is 7.86. The van der Waals surface area contributed by atoms with Gasteiger partial charge in [-0.25, -0.2) is 8.78 Å². The van der Waals surface area contributed by atoms with Gasteiger partial charge in [0.25, 0.3) is 16.1 Å². The first-order valence-electron chi connectivity index (χ1n) is 8.95. The first-order valence-corrected chi connectivity index (χ1v) is 10.3. The highest BCUT2D eigenvalue weighted by Crippen LogP contribution is 2.26. The van der Waals surface area contributed by atoms with E-state index in [1.807, 2.05) is 0 Å². The summed E-state index contributed by atoms with van der Waals surface area (Å²) in [5.74, 6) is -3.21. The van der Waals surface area contributed by atoms with Crippen LogP contribution in [0, 0.1) is 0 Å². The SMILES string of the molecule is Cl.O=C(C1CC(F)(F)CN1)N1CCN(S(=O)(=O)N2CCCCCC2)CC1. The van der Waals surface area contributed by atoms with Crippen molar-refractivity contribution in [1.29, 1.82) is 0 Å². The molecule has 0 bridgehead atoms. The summed E-state index contributed by atoms with van der Waals surface area (Å²) in [5, 5.41) is 2.56. The molecule has 3 aliphatic heterocycles. The monoisotopic (exact) mass is 416 g/mol. The van der Waals surface area contributed by atoms with Crippen LogP contribution in [0.3, 0.4) is 0 Å². The van der Waals surface area contributed by atoms with Gasteiger partial charge in [0.05, 0.1) is 12.6 Å². The van der Waals surface area contributed by atoms with E-state index in [9.17, 15) is 22.0 Å². The minimum absolute atomic E-state index is 0. The van der Waals surface area contributed by atoms with Crippen LogP contribution in [0.15, 0.2) is 0 Å². The number of carbonyl (C=O) groups is 1. The first kappa shape index (κ1) is 21.7. The zero-order valence-corrected chi connectivity index (χ0v) is 16.3. The number of halogens is 3. The number of hydrogen-bond acceptors (Lipinski definition) is 4. The molecule has 0 aliphatic carbocycles. The molecule has 0 spiro atoms. The second kappa shape index (κ2) is 8.64. The summed E-state index contributed by atoms with van der Waals surface area (Å²) in [6, 6.07) is -0.872. The molecule has 1 atom stereocenters. The number of hydrogen-bond donors (Lipinski definition) is 1. The van der Waals surface area contributed by atoms with Crippen LogP contribution in [0.1, 0.15) is 32.1 Å². The molecular formula is C15H27ClF2N4O3S. The Morgan fingerprint density at radius 1 is 0.923 bits per heavy atom. The Bertz CT molecular complexity index is 592. The van der Waals surface area contributed by atoms with Crippen LogP contribution >= 0.6 is 12.4 Å². The first-order chi connectivity index (χ1) is 11.8. The largest absolute Gasteiger partial charge is 0.339 e. The third-order valence-electron chi connectivity index (χ3n) is 5.18. The molecule has 3 fully saturated rings. The number of rotatable bonds is 3. The molecule has 152 valence electrons. The van der Waals surface area contributed by atoms with Gasteiger partial charge in [-0.05, 0) is 12.8 Å². The lowest BCUT2D eigenvalue weighted by molar-refractivity contribution is -0.134. The second-order valence-corrected chi connectivity index (χ2v) is 8.97. The molecule has 0 saturated carbocycles. The predicted octanol–water partition coefficient (Wildman–Crippen LogP) is 0.670. The van der Waals surface area contributed by atoms with Gasteiger partial charge in [0, 0.05) is 45.7 Å². The minimum atomic E-state index is -3.50. The maximum Gasteiger partial charge on any atom is 0.282 e. The fourth-order valence-corrected chi connectivity index (χ4v) is 5.36. The van der Waals surface area contributed by atoms with E-state index in [2.05, 4.69) is 5.32 Å². The van der Waals surface area contributed by atoms with E-state index in [1.165, 1.54) is 13.5 Å². The summed E-state index contributed by atoms with van der Waals surface area (Å²) in [6.45, 7) is 1.53. The lowest BCUT2D eigenvalue weighted by Gasteiger charge is -2.37. The predicted molar refractivity (Wildman–Crippen MR) is 95.7 cm³/mol. The lowest BCUT2D eigenvalue weighted by Crippen LogP contribution is -2.56. The molecular weight excluding hydrogens is 390 g/mol. The zero-order chi connectivity index (χ0) is 18.1. The Morgan fingerprint density at radius 2 is 1.46 bits per heavy atom. The molecule has 3 aliphatic rings. The topological polar surface area (TPSA) is 73.0 Å². The van der Waals surface area contributed by atoms with Crippen LogP contribution < -0.4 is 5.32 Å². The lowest BCUT2D eigenvalue weighted by atomic mass is 10.1. The van der Waals surface area contributed by atoms with E-state index >= 15 is 0 Å². The van der Waals surface area contributed by atoms with Crippen molar-refractivity contribution in [3.8, 4) is 0 Å². The van der Waals surface area contributed by atoms with Crippen LogP contribution in [-0.4, -0.2) is 85.6 Å². The van der Waals surface area contributed by atoms with Crippen LogP contribution in [-0.2, 0) is 15.0 Å². The molecule has 3 heterocycles. The van der Waals surface area contributed by atoms with Crippen molar-refractivity contribution < 1.29 is 22.0 Å². The molecule has 3 rings (SSSR count). The zero-order valence-electron chi connectivity index (χ0n) is 14.7. The minimum Gasteiger partial charge on any atom is -0.339 e. The van der Waals surface area contributed by atoms with Crippen molar-refractivity contribution >= 4 is 28.5 Å². The van der Waals surface area contributed by atoms with Gasteiger partial charge >= 0.3 is 0 Å². The van der Waals surface area contributed by atoms with Crippen molar-refractivity contribution in [2.24, 2.45) is 0 Å². The molecule has 0 aromatic carbocycles. The molecule has 1 N–H and O–H groups in total. The van der Waals surface area contributed by atoms with Crippen LogP contribution in [0.5, 0.6) is 0 Å². The molecule has 1 unspecified atom stereocenters. The molecule has 3 saturated heterocycles. The molecule has 26 heavy (non-hydrogen) atoms. The fraction of sp³-hybridized carbons (Fsp3) is 0.933. The maximum atomic E-state index is 13.3. The number of amides is 1. The van der Waals surface area contributed by atoms with Gasteiger partial charge in [0.2, 0.25) is 5.91 Å². The van der Waals surface area contributed by atoms with Crippen LogP contribution in [0.25, 0.3) is 0 Å². The number of piperazine rings is 1. The Morgan fingerprint density at radius 3 is 1.96 bits per heavy atom. The number of nitrogens with one attached hydrogen (secondary N) is 1. The Hall–Kier alpha value is -0.550. The summed E-state index contributed by atoms with van der Waals surface area (Å²) in [4.78, 5) is 13.8. The number of carbonyl (C=O) groups excluding carboxylic acids is 1. The van der Waals surface area contributed by atoms with Crippen LogP contribution in [0.4, 0.5) is 8.78 Å². The summed E-state index contributed by atoms with van der Waals surface area (Å²) in [7, 11) is -3.50. The van der Waals surface area contributed by atoms with E-state index in [4.69, 9.17) is 0 Å². The van der Waals surface area contributed by atoms with Crippen LogP contribution in [0.2, 0.25) is 0 Å². The quantitative estimate of drug-likeness (QED) is 0.734. The second-order valence-electron chi connectivity index (χ2n) is 7.04. The van der Waals surface area contributed by atoms with Crippen molar-refractivity contribution in [2.45, 2.75) is 44.1 Å². The van der Waals surface area contributed by atoms with E-state index in [0.29, 0.717) is 13.1 Å². The van der Waals surface area contributed by atoms with Gasteiger partial charge in [-0.1, -0.05) is 12.8 Å². The van der Waals surface area contributed by atoms with Gasteiger partial charge in [0.15, 0.2) is 0 Å². The Kier molecular flexibility index (Phi) is 7.23. The normalized spacial score (nSPS) is 28.4. The summed E-state index contributed by atoms with van der Waals surface area (Å²) < 4.78 is 55.0. The maximum absolute atomic E-state index is 13.3. The Balaban J connectivity index is 0.00000243. The van der Waals surface area contributed by atoms with Crippen molar-refractivity contribution in [2.75, 3.05) is 45.8 Å². The third kappa shape index (κ3) is 4.83. The van der Waals surface area contributed by atoms with E-state index in [1.54, 1.807) is 0 Å². The smallest absolute Gasteiger partial charge is 0.282 e. The van der Waals surface area contributed by atoms with E-state index < -0.39 is 35.1 Å². The van der Waals surface area contributed by atoms with Crippen molar-refractivity contribution in [3.05, 3.63) is 0 Å². The van der Waals surface area contributed by atoms with Gasteiger partial charge in [-0.3, -0.25) is 10.1 Å². The van der Waals surface area contributed by atoms with Gasteiger partial charge in [-0.2, -0.15) is 17.0 Å². The highest BCUT2D eigenvalue weighted by Gasteiger charge is 2.44. The van der Waals surface area contributed by atoms with Crippen molar-refractivity contribution in [1.82, 2.24) is 18.8 Å². The number of alkyl halides is 2. The summed E-state index contributed by atoms with van der Waals surface area (Å²) in [5.41, 5.74) is 0. The highest BCUT2D eigenvalue weighted by atomic mass is 35.5. The average molecular weight is 417 g/mol. The van der Waals surface area contributed by atoms with Gasteiger partial charge in [0.1, 0.15) is 0 Å². The van der Waals surface area contributed by atoms with Gasteiger partial charge in [-0.15, -0.1) is 12.4 Å². The van der Waals surface area contributed by atoms with E-state index in [-0.39, 0.29) is 44.5 Å². The van der Waals surface area contributed by atoms with Gasteiger partial charge < -0.3 is 4.90 Å². The summed E-state index contributed by atoms with van der Waals surface area (Å²) >= 11 is 0. The third-order valence-corrected chi connectivity index (χ3v) is 7.21. The molecule has 0 aromatic rings. The Labute approximate surface area is 159 Å². The average Bonchev–Trinajstić information content (AvgIpc) is 2.79. The molecule has 0 radical (unpaired) electrons. The molecule has 1 amide bonds. The fourth-order valence-electron chi connectivity index (χ4n) is 3.69. The molecule has 0 aromatic heterocycles. The van der Waals surface area contributed by atoms with E-state index in [0.717, 1.165) is 25.7 Å². The standard InChI is InChI=1S/C15H26F2N4O3S.ClH/c16-15(17)11-13(18-12-15)14(22)19-7-9-21(10-8-19)25(23,24)20-5-3-1-2-4-6-20;/h13,18H,1-12H2;1H. The van der Waals surface area contributed by atoms with Crippen molar-refractivity contribution in [3.63, 3.8) is 0 Å². The number of nitrogens with zero attached hydrogens (tertiary/aromatic N) is 3. The molecule has 11 heteroatoms.